The molecule has 1 atom stereocenters. The molecule has 1 fully saturated rings. The summed E-state index contributed by atoms with van der Waals surface area (Å²) in [6, 6.07) is 7.98. The summed E-state index contributed by atoms with van der Waals surface area (Å²) < 4.78 is 10.1. The minimum Gasteiger partial charge on any atom is -0.450 e. The number of carbonyl (C=O) groups excluding carboxylic acids is 1. The third kappa shape index (κ3) is 4.42. The highest BCUT2D eigenvalue weighted by atomic mass is 16.5. The van der Waals surface area contributed by atoms with Crippen LogP contribution in [0.1, 0.15) is 19.8 Å². The Balaban J connectivity index is 1.88. The van der Waals surface area contributed by atoms with E-state index in [0.29, 0.717) is 25.2 Å². The first-order valence-corrected chi connectivity index (χ1v) is 7.02. The second-order valence-electron chi connectivity index (χ2n) is 4.97. The molecule has 2 rings (SSSR count). The van der Waals surface area contributed by atoms with Crippen molar-refractivity contribution in [3.05, 3.63) is 24.3 Å². The number of ether oxygens (including phenoxy) is 2. The van der Waals surface area contributed by atoms with Gasteiger partial charge in [-0.2, -0.15) is 0 Å². The highest BCUT2D eigenvalue weighted by Gasteiger charge is 2.30. The minimum absolute atomic E-state index is 0.365. The molecule has 5 heteroatoms. The summed E-state index contributed by atoms with van der Waals surface area (Å²) in [7, 11) is 1.73. The maximum absolute atomic E-state index is 11.3. The fraction of sp³-hybridized carbons (Fsp3) is 0.533. The van der Waals surface area contributed by atoms with Gasteiger partial charge in [-0.05, 0) is 49.9 Å². The van der Waals surface area contributed by atoms with Crippen LogP contribution in [0, 0.1) is 5.92 Å². The average molecular weight is 278 g/mol. The van der Waals surface area contributed by atoms with Crippen LogP contribution < -0.4 is 10.6 Å². The molecule has 0 radical (unpaired) electrons. The lowest BCUT2D eigenvalue weighted by atomic mass is 10.2. The summed E-state index contributed by atoms with van der Waals surface area (Å²) in [5, 5.41) is 6.15. The van der Waals surface area contributed by atoms with Crippen LogP contribution in [-0.4, -0.2) is 32.5 Å². The van der Waals surface area contributed by atoms with Crippen LogP contribution in [0.15, 0.2) is 24.3 Å². The van der Waals surface area contributed by atoms with E-state index >= 15 is 0 Å². The van der Waals surface area contributed by atoms with E-state index < -0.39 is 6.09 Å². The van der Waals surface area contributed by atoms with Gasteiger partial charge in [-0.3, -0.25) is 5.32 Å². The van der Waals surface area contributed by atoms with E-state index in [1.807, 2.05) is 24.3 Å². The van der Waals surface area contributed by atoms with Crippen LogP contribution in [-0.2, 0) is 9.47 Å². The van der Waals surface area contributed by atoms with Crippen molar-refractivity contribution in [2.45, 2.75) is 25.8 Å². The number of methoxy groups -OCH3 is 1. The highest BCUT2D eigenvalue weighted by molar-refractivity contribution is 5.84. The van der Waals surface area contributed by atoms with Crippen molar-refractivity contribution in [3.63, 3.8) is 0 Å². The monoisotopic (exact) mass is 278 g/mol. The predicted molar refractivity (Wildman–Crippen MR) is 79.1 cm³/mol. The Morgan fingerprint density at radius 2 is 1.95 bits per heavy atom. The van der Waals surface area contributed by atoms with Crippen molar-refractivity contribution in [2.24, 2.45) is 5.92 Å². The summed E-state index contributed by atoms with van der Waals surface area (Å²) in [5.74, 6) is 0.715. The van der Waals surface area contributed by atoms with Crippen molar-refractivity contribution in [3.8, 4) is 0 Å². The summed E-state index contributed by atoms with van der Waals surface area (Å²) in [6.45, 7) is 2.86. The zero-order valence-corrected chi connectivity index (χ0v) is 12.0. The summed E-state index contributed by atoms with van der Waals surface area (Å²) >= 11 is 0. The van der Waals surface area contributed by atoms with Crippen LogP contribution >= 0.6 is 0 Å². The van der Waals surface area contributed by atoms with E-state index in [9.17, 15) is 4.79 Å². The SMILES string of the molecule is CCOC(=O)Nc1ccc(NC(COC)C2CC2)cc1. The Kier molecular flexibility index (Phi) is 5.24. The Morgan fingerprint density at radius 3 is 2.50 bits per heavy atom. The second kappa shape index (κ2) is 7.14. The number of carbonyl (C=O) groups is 1. The number of amides is 1. The number of anilines is 2. The zero-order chi connectivity index (χ0) is 14.4. The van der Waals surface area contributed by atoms with E-state index in [2.05, 4.69) is 10.6 Å². The molecule has 5 nitrogen and oxygen atoms in total. The number of benzene rings is 1. The van der Waals surface area contributed by atoms with E-state index in [1.54, 1.807) is 14.0 Å². The first kappa shape index (κ1) is 14.7. The number of nitrogens with one attached hydrogen (secondary N) is 2. The van der Waals surface area contributed by atoms with Gasteiger partial charge in [0.1, 0.15) is 0 Å². The van der Waals surface area contributed by atoms with Gasteiger partial charge in [-0.1, -0.05) is 0 Å². The van der Waals surface area contributed by atoms with Gasteiger partial charge in [0, 0.05) is 18.5 Å². The zero-order valence-electron chi connectivity index (χ0n) is 12.0. The Morgan fingerprint density at radius 1 is 1.30 bits per heavy atom. The van der Waals surface area contributed by atoms with Gasteiger partial charge in [0.2, 0.25) is 0 Å². The molecule has 1 unspecified atom stereocenters. The Bertz CT molecular complexity index is 429. The van der Waals surface area contributed by atoms with Crippen molar-refractivity contribution >= 4 is 17.5 Å². The molecule has 2 N–H and O–H groups in total. The topological polar surface area (TPSA) is 59.6 Å². The van der Waals surface area contributed by atoms with Gasteiger partial charge in [0.15, 0.2) is 0 Å². The summed E-state index contributed by atoms with van der Waals surface area (Å²) in [5.41, 5.74) is 1.76. The van der Waals surface area contributed by atoms with Crippen molar-refractivity contribution in [2.75, 3.05) is 31.0 Å². The molecule has 0 spiro atoms. The lowest BCUT2D eigenvalue weighted by molar-refractivity contribution is 0.168. The maximum atomic E-state index is 11.3. The van der Waals surface area contributed by atoms with Crippen LogP contribution in [0.25, 0.3) is 0 Å². The first-order valence-electron chi connectivity index (χ1n) is 7.02. The van der Waals surface area contributed by atoms with Gasteiger partial charge >= 0.3 is 6.09 Å². The number of hydrogen-bond donors (Lipinski definition) is 2. The smallest absolute Gasteiger partial charge is 0.411 e. The van der Waals surface area contributed by atoms with Gasteiger partial charge in [0.25, 0.3) is 0 Å². The third-order valence-electron chi connectivity index (χ3n) is 3.30. The molecule has 0 aromatic heterocycles. The van der Waals surface area contributed by atoms with Gasteiger partial charge < -0.3 is 14.8 Å². The van der Waals surface area contributed by atoms with Gasteiger partial charge in [0.05, 0.1) is 19.3 Å². The summed E-state index contributed by atoms with van der Waals surface area (Å²) in [6.07, 6.45) is 2.11. The average Bonchev–Trinajstić information content (AvgIpc) is 3.25. The quantitative estimate of drug-likeness (QED) is 0.804. The fourth-order valence-electron chi connectivity index (χ4n) is 2.12. The van der Waals surface area contributed by atoms with Crippen LogP contribution in [0.3, 0.4) is 0 Å². The normalized spacial score (nSPS) is 15.5. The lowest BCUT2D eigenvalue weighted by Crippen LogP contribution is -2.27. The molecule has 1 aromatic carbocycles. The molecule has 0 heterocycles. The molecule has 20 heavy (non-hydrogen) atoms. The minimum atomic E-state index is -0.427. The molecule has 0 aliphatic heterocycles. The van der Waals surface area contributed by atoms with E-state index in [1.165, 1.54) is 12.8 Å². The molecular formula is C15H22N2O3. The predicted octanol–water partition coefficient (Wildman–Crippen LogP) is 3.09. The third-order valence-corrected chi connectivity index (χ3v) is 3.30. The molecule has 1 amide bonds. The largest absolute Gasteiger partial charge is 0.450 e. The van der Waals surface area contributed by atoms with Crippen LogP contribution in [0.2, 0.25) is 0 Å². The van der Waals surface area contributed by atoms with Crippen LogP contribution in [0.5, 0.6) is 0 Å². The standard InChI is InChI=1S/C15H22N2O3/c1-3-20-15(18)17-13-8-6-12(7-9-13)16-14(10-19-2)11-4-5-11/h6-9,11,14,16H,3-5,10H2,1-2H3,(H,17,18). The molecule has 0 saturated heterocycles. The van der Waals surface area contributed by atoms with Crippen molar-refractivity contribution in [1.82, 2.24) is 0 Å². The fourth-order valence-corrected chi connectivity index (χ4v) is 2.12. The van der Waals surface area contributed by atoms with Crippen molar-refractivity contribution in [1.29, 1.82) is 0 Å². The van der Waals surface area contributed by atoms with Crippen LogP contribution in [0.4, 0.5) is 16.2 Å². The highest BCUT2D eigenvalue weighted by Crippen LogP contribution is 2.34. The number of rotatable bonds is 7. The molecular weight excluding hydrogens is 256 g/mol. The Hall–Kier alpha value is -1.75. The summed E-state index contributed by atoms with van der Waals surface area (Å²) in [4.78, 5) is 11.3. The van der Waals surface area contributed by atoms with Gasteiger partial charge in [-0.25, -0.2) is 4.79 Å². The molecule has 1 aliphatic rings. The van der Waals surface area contributed by atoms with Crippen molar-refractivity contribution < 1.29 is 14.3 Å². The molecule has 1 aromatic rings. The Labute approximate surface area is 119 Å². The number of hydrogen-bond acceptors (Lipinski definition) is 4. The lowest BCUT2D eigenvalue weighted by Gasteiger charge is -2.18. The van der Waals surface area contributed by atoms with E-state index in [-0.39, 0.29) is 0 Å². The molecule has 1 saturated carbocycles. The molecule has 1 aliphatic carbocycles. The molecule has 0 bridgehead atoms. The van der Waals surface area contributed by atoms with Gasteiger partial charge in [-0.15, -0.1) is 0 Å². The second-order valence-corrected chi connectivity index (χ2v) is 4.97. The maximum Gasteiger partial charge on any atom is 0.411 e. The molecule has 110 valence electrons. The van der Waals surface area contributed by atoms with E-state index in [0.717, 1.165) is 11.4 Å². The van der Waals surface area contributed by atoms with E-state index in [4.69, 9.17) is 9.47 Å². The first-order chi connectivity index (χ1) is 9.72.